The second kappa shape index (κ2) is 8.44. The molecule has 9 heteroatoms. The summed E-state index contributed by atoms with van der Waals surface area (Å²) in [5.74, 6) is 1.12. The average Bonchev–Trinajstić information content (AvgIpc) is 3.22. The normalized spacial score (nSPS) is 11.2. The Labute approximate surface area is 192 Å². The largest absolute Gasteiger partial charge is 0.497 e. The Balaban J connectivity index is 1.65. The van der Waals surface area contributed by atoms with Gasteiger partial charge in [-0.15, -0.1) is 0 Å². The first-order valence-electron chi connectivity index (χ1n) is 10.1. The zero-order valence-corrected chi connectivity index (χ0v) is 18.3. The molecule has 0 saturated heterocycles. The number of nitro benzene ring substituents is 1. The molecule has 164 valence electrons. The number of aromatic amines is 1. The molecule has 0 aliphatic rings. The van der Waals surface area contributed by atoms with Crippen LogP contribution in [-0.4, -0.2) is 26.6 Å². The second-order valence-corrected chi connectivity index (χ2v) is 8.29. The molecule has 0 aliphatic heterocycles. The molecular formula is C24H18N4O4S. The third-order valence-corrected chi connectivity index (χ3v) is 6.33. The number of methoxy groups -OCH3 is 1. The first-order valence-corrected chi connectivity index (χ1v) is 11.1. The monoisotopic (exact) mass is 458 g/mol. The number of thioether (sulfide) groups is 1. The van der Waals surface area contributed by atoms with Crippen molar-refractivity contribution >= 4 is 39.4 Å². The lowest BCUT2D eigenvalue weighted by molar-refractivity contribution is -0.384. The Morgan fingerprint density at radius 2 is 1.88 bits per heavy atom. The van der Waals surface area contributed by atoms with Gasteiger partial charge in [0, 0.05) is 34.9 Å². The van der Waals surface area contributed by atoms with Gasteiger partial charge in [-0.1, -0.05) is 48.2 Å². The first-order chi connectivity index (χ1) is 16.0. The lowest BCUT2D eigenvalue weighted by Gasteiger charge is -2.13. The van der Waals surface area contributed by atoms with E-state index in [2.05, 4.69) is 4.98 Å². The van der Waals surface area contributed by atoms with Crippen LogP contribution in [0.15, 0.2) is 82.7 Å². The summed E-state index contributed by atoms with van der Waals surface area (Å²) in [5, 5.41) is 12.3. The van der Waals surface area contributed by atoms with Crippen LogP contribution in [0.4, 0.5) is 5.69 Å². The minimum Gasteiger partial charge on any atom is -0.497 e. The van der Waals surface area contributed by atoms with Gasteiger partial charge in [0.1, 0.15) is 16.8 Å². The van der Waals surface area contributed by atoms with Gasteiger partial charge in [-0.05, 0) is 23.8 Å². The Kier molecular flexibility index (Phi) is 5.31. The molecule has 3 aromatic carbocycles. The van der Waals surface area contributed by atoms with Crippen molar-refractivity contribution in [2.75, 3.05) is 7.11 Å². The smallest absolute Gasteiger partial charge is 0.283 e. The zero-order valence-electron chi connectivity index (χ0n) is 17.5. The molecule has 0 radical (unpaired) electrons. The predicted molar refractivity (Wildman–Crippen MR) is 128 cm³/mol. The SMILES string of the molecule is COc1cccc(-n2c(SCc3ccc([N+](=O)[O-])cc3)nc3c([nH]c4ccccc43)c2=O)c1. The molecule has 1 N–H and O–H groups in total. The number of nitro groups is 1. The zero-order chi connectivity index (χ0) is 22.9. The maximum absolute atomic E-state index is 13.6. The number of hydrogen-bond donors (Lipinski definition) is 1. The van der Waals surface area contributed by atoms with Crippen molar-refractivity contribution in [1.29, 1.82) is 0 Å². The summed E-state index contributed by atoms with van der Waals surface area (Å²) in [6.07, 6.45) is 0. The van der Waals surface area contributed by atoms with Gasteiger partial charge >= 0.3 is 0 Å². The molecule has 0 amide bonds. The predicted octanol–water partition coefficient (Wildman–Crippen LogP) is 5.08. The van der Waals surface area contributed by atoms with Crippen molar-refractivity contribution in [2.45, 2.75) is 10.9 Å². The van der Waals surface area contributed by atoms with E-state index in [1.807, 2.05) is 42.5 Å². The Morgan fingerprint density at radius 1 is 1.09 bits per heavy atom. The third-order valence-electron chi connectivity index (χ3n) is 5.32. The van der Waals surface area contributed by atoms with E-state index >= 15 is 0 Å². The molecule has 0 saturated carbocycles. The highest BCUT2D eigenvalue weighted by atomic mass is 32.2. The highest BCUT2D eigenvalue weighted by Crippen LogP contribution is 2.29. The topological polar surface area (TPSA) is 103 Å². The number of H-pyrrole nitrogens is 1. The van der Waals surface area contributed by atoms with Gasteiger partial charge in [-0.2, -0.15) is 0 Å². The van der Waals surface area contributed by atoms with E-state index in [0.717, 1.165) is 16.5 Å². The third kappa shape index (κ3) is 3.83. The summed E-state index contributed by atoms with van der Waals surface area (Å²) in [7, 11) is 1.57. The van der Waals surface area contributed by atoms with E-state index in [1.165, 1.54) is 23.9 Å². The highest BCUT2D eigenvalue weighted by Gasteiger charge is 2.18. The Morgan fingerprint density at radius 3 is 2.64 bits per heavy atom. The molecule has 2 aromatic heterocycles. The van der Waals surface area contributed by atoms with Crippen LogP contribution in [0.5, 0.6) is 5.75 Å². The van der Waals surface area contributed by atoms with Crippen LogP contribution < -0.4 is 10.3 Å². The standard InChI is InChI=1S/C24H18N4O4S/c1-32-18-6-4-5-17(13-18)27-23(29)22-21(19-7-2-3-8-20(19)25-22)26-24(27)33-14-15-9-11-16(12-10-15)28(30)31/h2-13,25H,14H2,1H3. The van der Waals surface area contributed by atoms with Gasteiger partial charge in [-0.25, -0.2) is 4.98 Å². The fourth-order valence-corrected chi connectivity index (χ4v) is 4.64. The maximum atomic E-state index is 13.6. The lowest BCUT2D eigenvalue weighted by atomic mass is 10.2. The Hall–Kier alpha value is -4.11. The summed E-state index contributed by atoms with van der Waals surface area (Å²) in [6, 6.07) is 21.3. The van der Waals surface area contributed by atoms with E-state index in [-0.39, 0.29) is 11.2 Å². The lowest BCUT2D eigenvalue weighted by Crippen LogP contribution is -2.21. The average molecular weight is 458 g/mol. The summed E-state index contributed by atoms with van der Waals surface area (Å²) in [5.41, 5.74) is 3.23. The summed E-state index contributed by atoms with van der Waals surface area (Å²) in [4.78, 5) is 32.2. The Bertz CT molecular complexity index is 1560. The van der Waals surface area contributed by atoms with Crippen LogP contribution >= 0.6 is 11.8 Å². The quantitative estimate of drug-likeness (QED) is 0.165. The van der Waals surface area contributed by atoms with E-state index in [9.17, 15) is 14.9 Å². The van der Waals surface area contributed by atoms with Gasteiger partial charge in [0.2, 0.25) is 0 Å². The van der Waals surface area contributed by atoms with Crippen LogP contribution in [0, 0.1) is 10.1 Å². The van der Waals surface area contributed by atoms with Crippen molar-refractivity contribution in [1.82, 2.24) is 14.5 Å². The molecule has 0 atom stereocenters. The molecule has 5 rings (SSSR count). The van der Waals surface area contributed by atoms with Crippen LogP contribution in [0.2, 0.25) is 0 Å². The molecule has 5 aromatic rings. The van der Waals surface area contributed by atoms with Crippen molar-refractivity contribution < 1.29 is 9.66 Å². The minimum absolute atomic E-state index is 0.0374. The van der Waals surface area contributed by atoms with Crippen molar-refractivity contribution in [3.63, 3.8) is 0 Å². The number of para-hydroxylation sites is 1. The van der Waals surface area contributed by atoms with E-state index < -0.39 is 4.92 Å². The van der Waals surface area contributed by atoms with Gasteiger partial charge < -0.3 is 9.72 Å². The second-order valence-electron chi connectivity index (χ2n) is 7.34. The van der Waals surface area contributed by atoms with Gasteiger partial charge in [-0.3, -0.25) is 19.5 Å². The number of hydrogen-bond acceptors (Lipinski definition) is 6. The fourth-order valence-electron chi connectivity index (χ4n) is 3.68. The molecule has 8 nitrogen and oxygen atoms in total. The highest BCUT2D eigenvalue weighted by molar-refractivity contribution is 7.98. The summed E-state index contributed by atoms with van der Waals surface area (Å²) in [6.45, 7) is 0. The number of benzene rings is 3. The molecule has 0 bridgehead atoms. The van der Waals surface area contributed by atoms with E-state index in [0.29, 0.717) is 33.4 Å². The number of rotatable bonds is 6. The van der Waals surface area contributed by atoms with Crippen molar-refractivity contribution in [3.05, 3.63) is 98.8 Å². The molecule has 0 spiro atoms. The van der Waals surface area contributed by atoms with Crippen molar-refractivity contribution in [2.24, 2.45) is 0 Å². The van der Waals surface area contributed by atoms with Crippen LogP contribution in [0.25, 0.3) is 27.6 Å². The molecule has 0 aliphatic carbocycles. The number of non-ortho nitro benzene ring substituents is 1. The molecule has 33 heavy (non-hydrogen) atoms. The number of ether oxygens (including phenoxy) is 1. The van der Waals surface area contributed by atoms with Gasteiger partial charge in [0.05, 0.1) is 17.7 Å². The van der Waals surface area contributed by atoms with Gasteiger partial charge in [0.25, 0.3) is 11.2 Å². The fraction of sp³-hybridized carbons (Fsp3) is 0.0833. The molecule has 0 fully saturated rings. The van der Waals surface area contributed by atoms with Crippen molar-refractivity contribution in [3.8, 4) is 11.4 Å². The summed E-state index contributed by atoms with van der Waals surface area (Å²) < 4.78 is 6.91. The minimum atomic E-state index is -0.427. The van der Waals surface area contributed by atoms with Gasteiger partial charge in [0.15, 0.2) is 5.16 Å². The van der Waals surface area contributed by atoms with Crippen LogP contribution in [0.3, 0.4) is 0 Å². The summed E-state index contributed by atoms with van der Waals surface area (Å²) >= 11 is 1.39. The molecule has 2 heterocycles. The van der Waals surface area contributed by atoms with Crippen LogP contribution in [0.1, 0.15) is 5.56 Å². The van der Waals surface area contributed by atoms with E-state index in [4.69, 9.17) is 9.72 Å². The first kappa shape index (κ1) is 20.8. The van der Waals surface area contributed by atoms with Crippen LogP contribution in [-0.2, 0) is 5.75 Å². The number of nitrogens with zero attached hydrogens (tertiary/aromatic N) is 3. The maximum Gasteiger partial charge on any atom is 0.283 e. The number of nitrogens with one attached hydrogen (secondary N) is 1. The number of aromatic nitrogens is 3. The number of fused-ring (bicyclic) bond motifs is 3. The molecule has 0 unspecified atom stereocenters. The van der Waals surface area contributed by atoms with E-state index in [1.54, 1.807) is 29.9 Å². The molecular weight excluding hydrogens is 440 g/mol.